The number of hydrogen-bond donors (Lipinski definition) is 1. The van der Waals surface area contributed by atoms with E-state index < -0.39 is 14.9 Å². The van der Waals surface area contributed by atoms with Gasteiger partial charge in [0.15, 0.2) is 0 Å². The number of anilines is 1. The van der Waals surface area contributed by atoms with Gasteiger partial charge in [-0.15, -0.1) is 0 Å². The van der Waals surface area contributed by atoms with Crippen LogP contribution in [0.15, 0.2) is 84.0 Å². The molecule has 1 heterocycles. The molecular formula is C21H18N4O4S. The Bertz CT molecular complexity index is 1320. The Morgan fingerprint density at radius 1 is 1.00 bits per heavy atom. The zero-order chi connectivity index (χ0) is 21.1. The van der Waals surface area contributed by atoms with Crippen LogP contribution in [0.4, 0.5) is 11.4 Å². The van der Waals surface area contributed by atoms with Crippen LogP contribution < -0.4 is 4.72 Å². The Balaban J connectivity index is 1.54. The smallest absolute Gasteiger partial charge is 0.270 e. The molecule has 0 saturated heterocycles. The standard InChI is InChI=1S/C21H18N4O4S/c26-25(27)18-7-4-8-19(14-18)30(28,29)23-17-9-10-21-20(13-17)22-15-24(21)12-11-16-5-2-1-3-6-16/h1-10,13-15,23H,11-12H2. The molecule has 30 heavy (non-hydrogen) atoms. The zero-order valence-corrected chi connectivity index (χ0v) is 16.6. The van der Waals surface area contributed by atoms with Crippen LogP contribution in [-0.4, -0.2) is 22.9 Å². The fraction of sp³-hybridized carbons (Fsp3) is 0.0952. The fourth-order valence-corrected chi connectivity index (χ4v) is 4.27. The topological polar surface area (TPSA) is 107 Å². The lowest BCUT2D eigenvalue weighted by molar-refractivity contribution is -0.385. The van der Waals surface area contributed by atoms with Crippen LogP contribution in [-0.2, 0) is 23.0 Å². The third-order valence-corrected chi connectivity index (χ3v) is 6.08. The van der Waals surface area contributed by atoms with Gasteiger partial charge in [0.25, 0.3) is 15.7 Å². The summed E-state index contributed by atoms with van der Waals surface area (Å²) in [6.07, 6.45) is 2.58. The number of nitro benzene ring substituents is 1. The minimum atomic E-state index is -3.97. The normalized spacial score (nSPS) is 11.5. The number of aromatic nitrogens is 2. The minimum absolute atomic E-state index is 0.176. The monoisotopic (exact) mass is 422 g/mol. The minimum Gasteiger partial charge on any atom is -0.330 e. The van der Waals surface area contributed by atoms with Gasteiger partial charge in [-0.2, -0.15) is 0 Å². The second-order valence-corrected chi connectivity index (χ2v) is 8.42. The number of nitrogens with one attached hydrogen (secondary N) is 1. The van der Waals surface area contributed by atoms with Crippen molar-refractivity contribution in [2.45, 2.75) is 17.9 Å². The van der Waals surface area contributed by atoms with Crippen LogP contribution in [0.2, 0.25) is 0 Å². The summed E-state index contributed by atoms with van der Waals surface area (Å²) in [7, 11) is -3.97. The lowest BCUT2D eigenvalue weighted by Gasteiger charge is -2.09. The van der Waals surface area contributed by atoms with Crippen molar-refractivity contribution in [2.75, 3.05) is 4.72 Å². The van der Waals surface area contributed by atoms with E-state index in [-0.39, 0.29) is 10.6 Å². The predicted octanol–water partition coefficient (Wildman–Crippen LogP) is 3.99. The Labute approximate surface area is 173 Å². The number of fused-ring (bicyclic) bond motifs is 1. The average molecular weight is 422 g/mol. The summed E-state index contributed by atoms with van der Waals surface area (Å²) < 4.78 is 29.7. The van der Waals surface area contributed by atoms with Crippen molar-refractivity contribution >= 4 is 32.4 Å². The maximum atomic E-state index is 12.6. The van der Waals surface area contributed by atoms with Crippen LogP contribution in [0.1, 0.15) is 5.56 Å². The molecule has 8 nitrogen and oxygen atoms in total. The van der Waals surface area contributed by atoms with Gasteiger partial charge in [-0.05, 0) is 36.2 Å². The first-order valence-corrected chi connectivity index (χ1v) is 10.7. The first-order valence-electron chi connectivity index (χ1n) is 9.18. The number of imidazole rings is 1. The van der Waals surface area contributed by atoms with Gasteiger partial charge in [-0.3, -0.25) is 14.8 Å². The van der Waals surface area contributed by atoms with E-state index in [1.165, 1.54) is 23.8 Å². The number of aryl methyl sites for hydroxylation is 2. The largest absolute Gasteiger partial charge is 0.330 e. The maximum Gasteiger partial charge on any atom is 0.270 e. The molecule has 0 aliphatic rings. The highest BCUT2D eigenvalue weighted by molar-refractivity contribution is 7.92. The first kappa shape index (κ1) is 19.6. The van der Waals surface area contributed by atoms with Crippen molar-refractivity contribution in [3.63, 3.8) is 0 Å². The Morgan fingerprint density at radius 2 is 1.80 bits per heavy atom. The van der Waals surface area contributed by atoms with Crippen molar-refractivity contribution in [1.82, 2.24) is 9.55 Å². The first-order chi connectivity index (χ1) is 14.4. The van der Waals surface area contributed by atoms with Crippen LogP contribution in [0.25, 0.3) is 11.0 Å². The zero-order valence-electron chi connectivity index (χ0n) is 15.8. The van der Waals surface area contributed by atoms with Gasteiger partial charge in [0.2, 0.25) is 0 Å². The molecule has 1 N–H and O–H groups in total. The van der Waals surface area contributed by atoms with Gasteiger partial charge in [-0.25, -0.2) is 13.4 Å². The molecule has 0 aliphatic heterocycles. The third kappa shape index (κ3) is 4.15. The van der Waals surface area contributed by atoms with Gasteiger partial charge in [0.1, 0.15) is 0 Å². The predicted molar refractivity (Wildman–Crippen MR) is 114 cm³/mol. The highest BCUT2D eigenvalue weighted by atomic mass is 32.2. The summed E-state index contributed by atoms with van der Waals surface area (Å²) in [4.78, 5) is 14.5. The molecule has 0 atom stereocenters. The average Bonchev–Trinajstić information content (AvgIpc) is 3.15. The maximum absolute atomic E-state index is 12.6. The molecule has 9 heteroatoms. The number of nitrogens with zero attached hydrogens (tertiary/aromatic N) is 3. The summed E-state index contributed by atoms with van der Waals surface area (Å²) in [5.74, 6) is 0. The van der Waals surface area contributed by atoms with E-state index >= 15 is 0 Å². The fourth-order valence-electron chi connectivity index (χ4n) is 3.18. The van der Waals surface area contributed by atoms with Crippen LogP contribution >= 0.6 is 0 Å². The van der Waals surface area contributed by atoms with E-state index in [1.807, 2.05) is 22.8 Å². The van der Waals surface area contributed by atoms with E-state index in [1.54, 1.807) is 24.5 Å². The highest BCUT2D eigenvalue weighted by Gasteiger charge is 2.18. The molecule has 1 aromatic heterocycles. The number of non-ortho nitro benzene ring substituents is 1. The van der Waals surface area contributed by atoms with Crippen LogP contribution in [0, 0.1) is 10.1 Å². The SMILES string of the molecule is O=[N+]([O-])c1cccc(S(=O)(=O)Nc2ccc3c(c2)ncn3CCc2ccccc2)c1. The summed E-state index contributed by atoms with van der Waals surface area (Å²) in [6, 6.07) is 20.1. The molecule has 0 aliphatic carbocycles. The van der Waals surface area contributed by atoms with Gasteiger partial charge >= 0.3 is 0 Å². The molecule has 0 bridgehead atoms. The van der Waals surface area contributed by atoms with Crippen molar-refractivity contribution < 1.29 is 13.3 Å². The van der Waals surface area contributed by atoms with Crippen LogP contribution in [0.3, 0.4) is 0 Å². The van der Waals surface area contributed by atoms with Gasteiger partial charge < -0.3 is 4.57 Å². The summed E-state index contributed by atoms with van der Waals surface area (Å²) >= 11 is 0. The Hall–Kier alpha value is -3.72. The second-order valence-electron chi connectivity index (χ2n) is 6.74. The second kappa shape index (κ2) is 7.96. The molecule has 4 aromatic rings. The molecular weight excluding hydrogens is 404 g/mol. The van der Waals surface area contributed by atoms with Gasteiger partial charge in [0.05, 0.1) is 32.9 Å². The number of nitro groups is 1. The molecule has 0 amide bonds. The van der Waals surface area contributed by atoms with E-state index in [0.717, 1.165) is 24.5 Å². The highest BCUT2D eigenvalue weighted by Crippen LogP contribution is 2.23. The van der Waals surface area contributed by atoms with E-state index in [9.17, 15) is 18.5 Å². The molecule has 3 aromatic carbocycles. The molecule has 0 fully saturated rings. The number of benzene rings is 3. The third-order valence-electron chi connectivity index (χ3n) is 4.70. The molecule has 0 unspecified atom stereocenters. The summed E-state index contributed by atoms with van der Waals surface area (Å²) in [5.41, 5.74) is 2.82. The van der Waals surface area contributed by atoms with Crippen molar-refractivity contribution in [2.24, 2.45) is 0 Å². The number of sulfonamides is 1. The van der Waals surface area contributed by atoms with Gasteiger partial charge in [-0.1, -0.05) is 36.4 Å². The van der Waals surface area contributed by atoms with Crippen LogP contribution in [0.5, 0.6) is 0 Å². The lowest BCUT2D eigenvalue weighted by atomic mass is 10.1. The Kier molecular flexibility index (Phi) is 5.20. The summed E-state index contributed by atoms with van der Waals surface area (Å²) in [6.45, 7) is 0.749. The van der Waals surface area contributed by atoms with E-state index in [2.05, 4.69) is 21.8 Å². The molecule has 0 radical (unpaired) electrons. The van der Waals surface area contributed by atoms with E-state index in [4.69, 9.17) is 0 Å². The summed E-state index contributed by atoms with van der Waals surface area (Å²) in [5, 5.41) is 10.9. The molecule has 0 spiro atoms. The molecule has 152 valence electrons. The molecule has 0 saturated carbocycles. The number of rotatable bonds is 7. The Morgan fingerprint density at radius 3 is 2.57 bits per heavy atom. The van der Waals surface area contributed by atoms with Crippen molar-refractivity contribution in [3.05, 3.63) is 94.8 Å². The lowest BCUT2D eigenvalue weighted by Crippen LogP contribution is -2.13. The number of hydrogen-bond acceptors (Lipinski definition) is 5. The van der Waals surface area contributed by atoms with Crippen molar-refractivity contribution in [1.29, 1.82) is 0 Å². The van der Waals surface area contributed by atoms with Gasteiger partial charge in [0, 0.05) is 18.7 Å². The van der Waals surface area contributed by atoms with E-state index in [0.29, 0.717) is 11.2 Å². The quantitative estimate of drug-likeness (QED) is 0.358. The molecule has 4 rings (SSSR count). The van der Waals surface area contributed by atoms with Crippen molar-refractivity contribution in [3.8, 4) is 0 Å².